The molecule has 4 rings (SSSR count). The Morgan fingerprint density at radius 3 is 2.57 bits per heavy atom. The Hall–Kier alpha value is -1.85. The minimum Gasteiger partial charge on any atom is -0.353 e. The molecule has 5 heteroatoms. The Balaban J connectivity index is 1.85. The molecule has 0 radical (unpaired) electrons. The van der Waals surface area contributed by atoms with Gasteiger partial charge >= 0.3 is 0 Å². The van der Waals surface area contributed by atoms with Gasteiger partial charge in [0.1, 0.15) is 10.8 Å². The number of aliphatic imine (C=N–C) groups is 1. The summed E-state index contributed by atoms with van der Waals surface area (Å²) in [6, 6.07) is 10.7. The van der Waals surface area contributed by atoms with Crippen LogP contribution in [-0.2, 0) is 0 Å². The van der Waals surface area contributed by atoms with Gasteiger partial charge < -0.3 is 14.7 Å². The first-order valence-corrected chi connectivity index (χ1v) is 8.91. The predicted molar refractivity (Wildman–Crippen MR) is 98.8 cm³/mol. The van der Waals surface area contributed by atoms with Crippen molar-refractivity contribution in [2.24, 2.45) is 4.99 Å². The van der Waals surface area contributed by atoms with Gasteiger partial charge in [-0.25, -0.2) is 4.99 Å². The lowest BCUT2D eigenvalue weighted by molar-refractivity contribution is 0.216. The van der Waals surface area contributed by atoms with Crippen LogP contribution in [0.15, 0.2) is 35.3 Å². The molecule has 0 spiro atoms. The van der Waals surface area contributed by atoms with Gasteiger partial charge in [0, 0.05) is 38.1 Å². The largest absolute Gasteiger partial charge is 0.353 e. The molecule has 0 saturated carbocycles. The number of para-hydroxylation sites is 2. The van der Waals surface area contributed by atoms with Crippen molar-refractivity contribution in [1.29, 1.82) is 0 Å². The number of thiophene rings is 1. The molecule has 3 heterocycles. The molecule has 0 atom stereocenters. The van der Waals surface area contributed by atoms with E-state index in [1.54, 1.807) is 0 Å². The third-order valence-electron chi connectivity index (χ3n) is 4.65. The second-order valence-corrected chi connectivity index (χ2v) is 7.58. The maximum absolute atomic E-state index is 5.08. The summed E-state index contributed by atoms with van der Waals surface area (Å²) in [6.45, 7) is 6.44. The molecule has 0 unspecified atom stereocenters. The molecule has 2 aliphatic heterocycles. The number of hydrogen-bond donors (Lipinski definition) is 0. The van der Waals surface area contributed by atoms with Crippen molar-refractivity contribution < 1.29 is 0 Å². The summed E-state index contributed by atoms with van der Waals surface area (Å²) < 4.78 is 0. The van der Waals surface area contributed by atoms with Crippen LogP contribution in [0.5, 0.6) is 0 Å². The number of benzene rings is 1. The zero-order chi connectivity index (χ0) is 16.0. The number of amidine groups is 1. The molecule has 0 aliphatic carbocycles. The summed E-state index contributed by atoms with van der Waals surface area (Å²) in [5.74, 6) is 1.13. The smallest absolute Gasteiger partial charge is 0.139 e. The molecule has 120 valence electrons. The Morgan fingerprint density at radius 1 is 1.04 bits per heavy atom. The van der Waals surface area contributed by atoms with Crippen LogP contribution in [0.25, 0.3) is 0 Å². The molecular weight excluding hydrogens is 304 g/mol. The van der Waals surface area contributed by atoms with Crippen LogP contribution in [0.3, 0.4) is 0 Å². The standard InChI is InChI=1S/C18H22N4S/c1-13-12-14-17(22-10-8-20(2)9-11-22)19-15-6-4-5-7-16(15)21(3)18(14)23-13/h4-7,12H,8-11H2,1-3H3. The minimum atomic E-state index is 1.04. The van der Waals surface area contributed by atoms with Crippen LogP contribution in [0.4, 0.5) is 16.4 Å². The van der Waals surface area contributed by atoms with E-state index >= 15 is 0 Å². The monoisotopic (exact) mass is 326 g/mol. The number of nitrogens with zero attached hydrogens (tertiary/aromatic N) is 4. The molecule has 1 aromatic heterocycles. The van der Waals surface area contributed by atoms with E-state index in [0.717, 1.165) is 37.7 Å². The van der Waals surface area contributed by atoms with Crippen molar-refractivity contribution >= 4 is 33.5 Å². The third kappa shape index (κ3) is 2.54. The second kappa shape index (κ2) is 5.65. The number of hydrogen-bond acceptors (Lipinski definition) is 5. The number of anilines is 2. The van der Waals surface area contributed by atoms with Gasteiger partial charge in [-0.1, -0.05) is 12.1 Å². The van der Waals surface area contributed by atoms with E-state index in [1.807, 2.05) is 11.3 Å². The molecule has 1 aromatic carbocycles. The summed E-state index contributed by atoms with van der Waals surface area (Å²) in [5, 5.41) is 1.30. The fourth-order valence-electron chi connectivity index (χ4n) is 3.30. The van der Waals surface area contributed by atoms with E-state index in [4.69, 9.17) is 4.99 Å². The summed E-state index contributed by atoms with van der Waals surface area (Å²) >= 11 is 1.85. The summed E-state index contributed by atoms with van der Waals surface area (Å²) in [6.07, 6.45) is 0. The van der Waals surface area contributed by atoms with Gasteiger partial charge in [-0.2, -0.15) is 0 Å². The lowest BCUT2D eigenvalue weighted by Gasteiger charge is -2.34. The van der Waals surface area contributed by atoms with Crippen molar-refractivity contribution in [2.75, 3.05) is 45.2 Å². The number of rotatable bonds is 0. The first kappa shape index (κ1) is 14.7. The molecule has 4 nitrogen and oxygen atoms in total. The SMILES string of the molecule is Cc1cc2c(s1)N(C)c1ccccc1N=C2N1CCN(C)CC1. The van der Waals surface area contributed by atoms with E-state index in [-0.39, 0.29) is 0 Å². The maximum atomic E-state index is 5.08. The van der Waals surface area contributed by atoms with E-state index in [0.29, 0.717) is 0 Å². The number of fused-ring (bicyclic) bond motifs is 2. The summed E-state index contributed by atoms with van der Waals surface area (Å²) in [4.78, 5) is 13.5. The zero-order valence-corrected chi connectivity index (χ0v) is 14.7. The van der Waals surface area contributed by atoms with E-state index in [2.05, 4.69) is 66.1 Å². The van der Waals surface area contributed by atoms with Crippen molar-refractivity contribution in [3.8, 4) is 0 Å². The van der Waals surface area contributed by atoms with Crippen LogP contribution in [0.2, 0.25) is 0 Å². The lowest BCUT2D eigenvalue weighted by atomic mass is 10.2. The predicted octanol–water partition coefficient (Wildman–Crippen LogP) is 3.46. The second-order valence-electron chi connectivity index (χ2n) is 6.35. The Bertz CT molecular complexity index is 756. The summed E-state index contributed by atoms with van der Waals surface area (Å²) in [5.41, 5.74) is 3.51. The van der Waals surface area contributed by atoms with Gasteiger partial charge in [0.15, 0.2) is 0 Å². The van der Waals surface area contributed by atoms with E-state index in [9.17, 15) is 0 Å². The zero-order valence-electron chi connectivity index (χ0n) is 13.9. The first-order valence-electron chi connectivity index (χ1n) is 8.09. The molecule has 1 saturated heterocycles. The van der Waals surface area contributed by atoms with Crippen LogP contribution in [0.1, 0.15) is 10.4 Å². The van der Waals surface area contributed by atoms with Gasteiger partial charge in [-0.3, -0.25) is 0 Å². The van der Waals surface area contributed by atoms with E-state index in [1.165, 1.54) is 21.1 Å². The molecule has 0 N–H and O–H groups in total. The van der Waals surface area contributed by atoms with Crippen molar-refractivity contribution in [1.82, 2.24) is 9.80 Å². The normalized spacial score (nSPS) is 18.3. The van der Waals surface area contributed by atoms with Crippen molar-refractivity contribution in [2.45, 2.75) is 6.92 Å². The fraction of sp³-hybridized carbons (Fsp3) is 0.389. The topological polar surface area (TPSA) is 22.1 Å². The molecule has 2 aromatic rings. The van der Waals surface area contributed by atoms with Gasteiger partial charge in [-0.05, 0) is 32.2 Å². The van der Waals surface area contributed by atoms with Crippen LogP contribution in [0, 0.1) is 6.92 Å². The average molecular weight is 326 g/mol. The molecule has 0 amide bonds. The quantitative estimate of drug-likeness (QED) is 0.740. The van der Waals surface area contributed by atoms with Crippen molar-refractivity contribution in [3.05, 3.63) is 40.8 Å². The van der Waals surface area contributed by atoms with Gasteiger partial charge in [0.05, 0.1) is 16.9 Å². The number of aryl methyl sites for hydroxylation is 1. The minimum absolute atomic E-state index is 1.04. The molecule has 23 heavy (non-hydrogen) atoms. The van der Waals surface area contributed by atoms with Crippen LogP contribution >= 0.6 is 11.3 Å². The summed E-state index contributed by atoms with van der Waals surface area (Å²) in [7, 11) is 4.34. The van der Waals surface area contributed by atoms with Crippen LogP contribution < -0.4 is 4.90 Å². The number of piperazine rings is 1. The molecular formula is C18H22N4S. The average Bonchev–Trinajstić information content (AvgIpc) is 2.90. The van der Waals surface area contributed by atoms with Gasteiger partial charge in [0.2, 0.25) is 0 Å². The highest BCUT2D eigenvalue weighted by atomic mass is 32.1. The van der Waals surface area contributed by atoms with Crippen LogP contribution in [-0.4, -0.2) is 55.9 Å². The van der Waals surface area contributed by atoms with Crippen molar-refractivity contribution in [3.63, 3.8) is 0 Å². The van der Waals surface area contributed by atoms with Gasteiger partial charge in [0.25, 0.3) is 0 Å². The Kier molecular flexibility index (Phi) is 3.62. The molecule has 0 bridgehead atoms. The lowest BCUT2D eigenvalue weighted by Crippen LogP contribution is -2.47. The highest BCUT2D eigenvalue weighted by Gasteiger charge is 2.27. The first-order chi connectivity index (χ1) is 11.1. The third-order valence-corrected chi connectivity index (χ3v) is 5.78. The molecule has 1 fully saturated rings. The van der Waals surface area contributed by atoms with Gasteiger partial charge in [-0.15, -0.1) is 11.3 Å². The fourth-order valence-corrected chi connectivity index (χ4v) is 4.27. The highest BCUT2D eigenvalue weighted by molar-refractivity contribution is 7.16. The Labute approximate surface area is 141 Å². The Morgan fingerprint density at radius 2 is 1.78 bits per heavy atom. The maximum Gasteiger partial charge on any atom is 0.139 e. The molecule has 2 aliphatic rings. The van der Waals surface area contributed by atoms with E-state index < -0.39 is 0 Å². The number of likely N-dealkylation sites (N-methyl/N-ethyl adjacent to an activating group) is 1. The highest BCUT2D eigenvalue weighted by Crippen LogP contribution is 2.42.